The molecule has 0 bridgehead atoms. The fourth-order valence-electron chi connectivity index (χ4n) is 1.16. The monoisotopic (exact) mass is 211 g/mol. The van der Waals surface area contributed by atoms with Crippen LogP contribution in [0.5, 0.6) is 0 Å². The Balaban J connectivity index is 0.000000605. The van der Waals surface area contributed by atoms with Gasteiger partial charge in [-0.1, -0.05) is 5.16 Å². The molecule has 0 aromatic carbocycles. The number of nitrogens with one attached hydrogen (secondary N) is 1. The molecule has 6 heteroatoms. The van der Waals surface area contributed by atoms with Crippen molar-refractivity contribution in [1.29, 1.82) is 0 Å². The molecule has 0 spiro atoms. The first kappa shape index (κ1) is 11.6. The molecule has 12 heavy (non-hydrogen) atoms. The summed E-state index contributed by atoms with van der Waals surface area (Å²) in [6.07, 6.45) is 0.927. The zero-order valence-corrected chi connectivity index (χ0v) is 8.00. The van der Waals surface area contributed by atoms with Gasteiger partial charge in [0.05, 0.1) is 11.3 Å². The van der Waals surface area contributed by atoms with E-state index >= 15 is 0 Å². The van der Waals surface area contributed by atoms with Gasteiger partial charge >= 0.3 is 0 Å². The van der Waals surface area contributed by atoms with Gasteiger partial charge in [-0.15, -0.1) is 24.8 Å². The van der Waals surface area contributed by atoms with Gasteiger partial charge in [-0.3, -0.25) is 0 Å². The summed E-state index contributed by atoms with van der Waals surface area (Å²) in [4.78, 5) is 0. The maximum atomic E-state index is 5.49. The highest BCUT2D eigenvalue weighted by Crippen LogP contribution is 2.18. The highest BCUT2D eigenvalue weighted by molar-refractivity contribution is 5.85. The predicted octanol–water partition coefficient (Wildman–Crippen LogP) is 0.746. The van der Waals surface area contributed by atoms with Gasteiger partial charge in [0, 0.05) is 19.5 Å². The van der Waals surface area contributed by atoms with Crippen molar-refractivity contribution in [3.8, 4) is 0 Å². The molecule has 0 fully saturated rings. The third-order valence-corrected chi connectivity index (χ3v) is 1.74. The average Bonchev–Trinajstić information content (AvgIpc) is 2.34. The topological polar surface area (TPSA) is 64.1 Å². The van der Waals surface area contributed by atoms with Crippen molar-refractivity contribution in [2.75, 3.05) is 12.3 Å². The van der Waals surface area contributed by atoms with Gasteiger partial charge in [-0.25, -0.2) is 0 Å². The summed E-state index contributed by atoms with van der Waals surface area (Å²) < 4.78 is 4.81. The zero-order chi connectivity index (χ0) is 6.97. The van der Waals surface area contributed by atoms with Gasteiger partial charge in [0.2, 0.25) is 5.88 Å². The van der Waals surface area contributed by atoms with Crippen LogP contribution in [0.25, 0.3) is 0 Å². The lowest BCUT2D eigenvalue weighted by atomic mass is 10.1. The Bertz CT molecular complexity index is 251. The molecule has 0 aliphatic carbocycles. The van der Waals surface area contributed by atoms with Gasteiger partial charge in [0.25, 0.3) is 0 Å². The van der Waals surface area contributed by atoms with E-state index in [1.165, 1.54) is 0 Å². The number of rotatable bonds is 0. The maximum Gasteiger partial charge on any atom is 0.226 e. The summed E-state index contributed by atoms with van der Waals surface area (Å²) in [6.45, 7) is 1.77. The van der Waals surface area contributed by atoms with Gasteiger partial charge in [-0.2, -0.15) is 0 Å². The van der Waals surface area contributed by atoms with E-state index in [1.54, 1.807) is 0 Å². The number of hydrogen-bond acceptors (Lipinski definition) is 4. The minimum atomic E-state index is 0. The van der Waals surface area contributed by atoms with Crippen LogP contribution in [0.1, 0.15) is 11.3 Å². The van der Waals surface area contributed by atoms with Crippen LogP contribution in [-0.4, -0.2) is 11.7 Å². The van der Waals surface area contributed by atoms with E-state index < -0.39 is 0 Å². The van der Waals surface area contributed by atoms with Gasteiger partial charge in [0.1, 0.15) is 0 Å². The lowest BCUT2D eigenvalue weighted by Crippen LogP contribution is -2.23. The highest BCUT2D eigenvalue weighted by Gasteiger charge is 2.15. The zero-order valence-electron chi connectivity index (χ0n) is 6.37. The SMILES string of the molecule is Cl.Cl.Nc1onc2c1CNCC2. The fourth-order valence-corrected chi connectivity index (χ4v) is 1.16. The van der Waals surface area contributed by atoms with Crippen molar-refractivity contribution in [3.63, 3.8) is 0 Å². The summed E-state index contributed by atoms with van der Waals surface area (Å²) in [5, 5.41) is 7.00. The van der Waals surface area contributed by atoms with Gasteiger partial charge < -0.3 is 15.6 Å². The van der Waals surface area contributed by atoms with Crippen LogP contribution in [0.15, 0.2) is 4.52 Å². The summed E-state index contributed by atoms with van der Waals surface area (Å²) in [7, 11) is 0. The molecule has 0 saturated heterocycles. The van der Waals surface area contributed by atoms with E-state index in [1.807, 2.05) is 0 Å². The van der Waals surface area contributed by atoms with Gasteiger partial charge in [0.15, 0.2) is 0 Å². The third kappa shape index (κ3) is 1.83. The predicted molar refractivity (Wildman–Crippen MR) is 50.8 cm³/mol. The molecule has 3 N–H and O–H groups in total. The summed E-state index contributed by atoms with van der Waals surface area (Å²) in [5.41, 5.74) is 7.54. The Morgan fingerprint density at radius 2 is 2.17 bits per heavy atom. The van der Waals surface area contributed by atoms with E-state index in [4.69, 9.17) is 10.3 Å². The molecule has 0 atom stereocenters. The number of aromatic nitrogens is 1. The van der Waals surface area contributed by atoms with Crippen LogP contribution < -0.4 is 11.1 Å². The summed E-state index contributed by atoms with van der Waals surface area (Å²) >= 11 is 0. The molecular formula is C6H11Cl2N3O. The van der Waals surface area contributed by atoms with Crippen LogP contribution >= 0.6 is 24.8 Å². The second-order valence-corrected chi connectivity index (χ2v) is 2.40. The Morgan fingerprint density at radius 1 is 1.42 bits per heavy atom. The molecule has 70 valence electrons. The van der Waals surface area contributed by atoms with E-state index in [0.717, 1.165) is 30.8 Å². The second-order valence-electron chi connectivity index (χ2n) is 2.40. The number of nitrogen functional groups attached to an aromatic ring is 1. The molecule has 0 unspecified atom stereocenters. The molecule has 2 rings (SSSR count). The molecule has 1 aliphatic rings. The molecule has 4 nitrogen and oxygen atoms in total. The highest BCUT2D eigenvalue weighted by atomic mass is 35.5. The minimum absolute atomic E-state index is 0. The Kier molecular flexibility index (Phi) is 4.37. The van der Waals surface area contributed by atoms with Crippen LogP contribution in [0.2, 0.25) is 0 Å². The van der Waals surface area contributed by atoms with E-state index in [9.17, 15) is 0 Å². The Labute approximate surface area is 82.7 Å². The molecule has 0 saturated carbocycles. The molecular weight excluding hydrogens is 201 g/mol. The first-order valence-corrected chi connectivity index (χ1v) is 3.31. The third-order valence-electron chi connectivity index (χ3n) is 1.74. The van der Waals surface area contributed by atoms with E-state index in [0.29, 0.717) is 5.88 Å². The number of halogens is 2. The van der Waals surface area contributed by atoms with Gasteiger partial charge in [-0.05, 0) is 0 Å². The Morgan fingerprint density at radius 3 is 2.83 bits per heavy atom. The van der Waals surface area contributed by atoms with Crippen molar-refractivity contribution < 1.29 is 4.52 Å². The average molecular weight is 212 g/mol. The molecule has 0 radical (unpaired) electrons. The molecule has 1 aliphatic heterocycles. The van der Waals surface area contributed by atoms with E-state index in [2.05, 4.69) is 10.5 Å². The van der Waals surface area contributed by atoms with Crippen molar-refractivity contribution in [2.45, 2.75) is 13.0 Å². The first-order chi connectivity index (χ1) is 4.88. The van der Waals surface area contributed by atoms with Crippen LogP contribution in [0.3, 0.4) is 0 Å². The van der Waals surface area contributed by atoms with Crippen molar-refractivity contribution in [3.05, 3.63) is 11.3 Å². The summed E-state index contributed by atoms with van der Waals surface area (Å²) in [6, 6.07) is 0. The smallest absolute Gasteiger partial charge is 0.226 e. The van der Waals surface area contributed by atoms with Crippen molar-refractivity contribution in [1.82, 2.24) is 10.5 Å². The number of fused-ring (bicyclic) bond motifs is 1. The Hall–Kier alpha value is -0.450. The summed E-state index contributed by atoms with van der Waals surface area (Å²) in [5.74, 6) is 0.460. The lowest BCUT2D eigenvalue weighted by Gasteiger charge is -2.09. The van der Waals surface area contributed by atoms with Crippen LogP contribution in [-0.2, 0) is 13.0 Å². The number of hydrogen-bond donors (Lipinski definition) is 2. The number of anilines is 1. The molecule has 2 heterocycles. The van der Waals surface area contributed by atoms with Crippen molar-refractivity contribution >= 4 is 30.7 Å². The first-order valence-electron chi connectivity index (χ1n) is 3.31. The number of nitrogens with two attached hydrogens (primary N) is 1. The lowest BCUT2D eigenvalue weighted by molar-refractivity contribution is 0.427. The maximum absolute atomic E-state index is 5.49. The van der Waals surface area contributed by atoms with Crippen molar-refractivity contribution in [2.24, 2.45) is 0 Å². The molecule has 0 amide bonds. The molecule has 1 aromatic rings. The largest absolute Gasteiger partial charge is 0.367 e. The second kappa shape index (κ2) is 4.54. The van der Waals surface area contributed by atoms with Crippen LogP contribution in [0, 0.1) is 0 Å². The van der Waals surface area contributed by atoms with Crippen LogP contribution in [0.4, 0.5) is 5.88 Å². The number of nitrogens with zero attached hydrogens (tertiary/aromatic N) is 1. The normalized spacial score (nSPS) is 14.0. The standard InChI is InChI=1S/C6H9N3O.2ClH/c7-6-4-3-8-2-1-5(4)9-10-6;;/h8H,1-3,7H2;2*1H. The van der Waals surface area contributed by atoms with E-state index in [-0.39, 0.29) is 24.8 Å². The molecule has 1 aromatic heterocycles. The minimum Gasteiger partial charge on any atom is -0.367 e. The quantitative estimate of drug-likeness (QED) is 0.665. The fraction of sp³-hybridized carbons (Fsp3) is 0.500.